The lowest BCUT2D eigenvalue weighted by molar-refractivity contribution is -0.115. The number of hydrogen-bond acceptors (Lipinski definition) is 6. The Balaban J connectivity index is 2.50. The van der Waals surface area contributed by atoms with Crippen molar-refractivity contribution >= 4 is 40.3 Å². The van der Waals surface area contributed by atoms with Crippen LogP contribution in [0.15, 0.2) is 17.0 Å². The number of thioether (sulfide) groups is 1. The van der Waals surface area contributed by atoms with E-state index in [4.69, 9.17) is 26.4 Å². The third-order valence-electron chi connectivity index (χ3n) is 2.66. The second-order valence-corrected chi connectivity index (χ2v) is 5.49. The van der Waals surface area contributed by atoms with E-state index < -0.39 is 0 Å². The monoisotopic (exact) mass is 311 g/mol. The number of benzene rings is 1. The molecule has 1 amide bonds. The average Bonchev–Trinajstić information content (AvgIpc) is 2.76. The van der Waals surface area contributed by atoms with Crippen LogP contribution in [0.4, 0.5) is 0 Å². The summed E-state index contributed by atoms with van der Waals surface area (Å²) >= 11 is 6.17. The molecular formula is C13H13NO4S2. The van der Waals surface area contributed by atoms with E-state index in [1.54, 1.807) is 25.3 Å². The fraction of sp³-hybridized carbons (Fsp3) is 0.231. The van der Waals surface area contributed by atoms with E-state index >= 15 is 0 Å². The van der Waals surface area contributed by atoms with Crippen LogP contribution in [0.5, 0.6) is 17.2 Å². The summed E-state index contributed by atoms with van der Waals surface area (Å²) in [6, 6.07) is 3.55. The lowest BCUT2D eigenvalue weighted by Crippen LogP contribution is -2.17. The Morgan fingerprint density at radius 3 is 2.35 bits per heavy atom. The van der Waals surface area contributed by atoms with Crippen LogP contribution in [0, 0.1) is 0 Å². The summed E-state index contributed by atoms with van der Waals surface area (Å²) in [5.41, 5.74) is 0.715. The van der Waals surface area contributed by atoms with Crippen LogP contribution in [0.1, 0.15) is 5.56 Å². The average molecular weight is 311 g/mol. The Kier molecular flexibility index (Phi) is 4.51. The summed E-state index contributed by atoms with van der Waals surface area (Å²) in [5.74, 6) is 1.34. The zero-order valence-corrected chi connectivity index (χ0v) is 12.8. The summed E-state index contributed by atoms with van der Waals surface area (Å²) in [5, 5.41) is 2.57. The molecule has 1 aliphatic rings. The molecule has 0 saturated carbocycles. The molecule has 1 saturated heterocycles. The van der Waals surface area contributed by atoms with Gasteiger partial charge in [-0.2, -0.15) is 0 Å². The predicted molar refractivity (Wildman–Crippen MR) is 82.4 cm³/mol. The Labute approximate surface area is 126 Å². The Morgan fingerprint density at radius 1 is 1.15 bits per heavy atom. The van der Waals surface area contributed by atoms with Crippen LogP contribution in [-0.2, 0) is 4.79 Å². The van der Waals surface area contributed by atoms with Crippen LogP contribution in [0.25, 0.3) is 6.08 Å². The van der Waals surface area contributed by atoms with Crippen molar-refractivity contribution in [2.45, 2.75) is 0 Å². The van der Waals surface area contributed by atoms with Gasteiger partial charge < -0.3 is 19.5 Å². The van der Waals surface area contributed by atoms with Crippen molar-refractivity contribution in [3.05, 3.63) is 22.6 Å². The maximum atomic E-state index is 11.7. The van der Waals surface area contributed by atoms with Crippen molar-refractivity contribution in [1.29, 1.82) is 0 Å². The molecule has 0 aliphatic carbocycles. The van der Waals surface area contributed by atoms with Gasteiger partial charge in [-0.05, 0) is 18.2 Å². The lowest BCUT2D eigenvalue weighted by atomic mass is 10.1. The van der Waals surface area contributed by atoms with Gasteiger partial charge in [0.15, 0.2) is 11.5 Å². The summed E-state index contributed by atoms with van der Waals surface area (Å²) in [4.78, 5) is 12.2. The summed E-state index contributed by atoms with van der Waals surface area (Å²) in [6.45, 7) is 0. The van der Waals surface area contributed by atoms with E-state index in [-0.39, 0.29) is 5.91 Å². The quantitative estimate of drug-likeness (QED) is 0.679. The highest BCUT2D eigenvalue weighted by Crippen LogP contribution is 2.41. The molecule has 0 radical (unpaired) electrons. The van der Waals surface area contributed by atoms with Gasteiger partial charge in [0.2, 0.25) is 5.75 Å². The van der Waals surface area contributed by atoms with Gasteiger partial charge in [0, 0.05) is 5.56 Å². The van der Waals surface area contributed by atoms with E-state index in [9.17, 15) is 4.79 Å². The maximum absolute atomic E-state index is 11.7. The number of rotatable bonds is 4. The van der Waals surface area contributed by atoms with Gasteiger partial charge >= 0.3 is 0 Å². The number of nitrogens with one attached hydrogen (secondary N) is 1. The van der Waals surface area contributed by atoms with Crippen molar-refractivity contribution in [3.63, 3.8) is 0 Å². The van der Waals surface area contributed by atoms with Crippen molar-refractivity contribution in [1.82, 2.24) is 5.32 Å². The van der Waals surface area contributed by atoms with Gasteiger partial charge in [0.05, 0.1) is 26.2 Å². The molecule has 0 atom stereocenters. The minimum absolute atomic E-state index is 0.211. The standard InChI is InChI=1S/C13H13NO4S2/c1-16-8-5-4-7(10(17-2)11(8)18-3)6-9-12(15)14-13(19)20-9/h4-6H,1-3H3,(H,14,15,19)/b9-6-. The number of ether oxygens (including phenoxy) is 3. The van der Waals surface area contributed by atoms with Crippen molar-refractivity contribution < 1.29 is 19.0 Å². The highest BCUT2D eigenvalue weighted by atomic mass is 32.2. The number of methoxy groups -OCH3 is 3. The molecule has 0 unspecified atom stereocenters. The minimum atomic E-state index is -0.211. The van der Waals surface area contributed by atoms with E-state index in [1.807, 2.05) is 0 Å². The van der Waals surface area contributed by atoms with Gasteiger partial charge in [0.1, 0.15) is 4.32 Å². The SMILES string of the molecule is COc1ccc(/C=C2\SC(=S)NC2=O)c(OC)c1OC. The molecule has 0 spiro atoms. The van der Waals surface area contributed by atoms with Crippen molar-refractivity contribution in [2.24, 2.45) is 0 Å². The zero-order chi connectivity index (χ0) is 14.7. The molecule has 1 aliphatic heterocycles. The van der Waals surface area contributed by atoms with Gasteiger partial charge in [0.25, 0.3) is 5.91 Å². The molecule has 0 aromatic heterocycles. The summed E-state index contributed by atoms with van der Waals surface area (Å²) < 4.78 is 16.3. The van der Waals surface area contributed by atoms with E-state index in [1.165, 1.54) is 26.0 Å². The topological polar surface area (TPSA) is 56.8 Å². The largest absolute Gasteiger partial charge is 0.493 e. The second-order valence-electron chi connectivity index (χ2n) is 3.78. The molecule has 5 nitrogen and oxygen atoms in total. The molecule has 106 valence electrons. The van der Waals surface area contributed by atoms with Crippen LogP contribution >= 0.6 is 24.0 Å². The first-order valence-corrected chi connectivity index (χ1v) is 6.87. The van der Waals surface area contributed by atoms with Crippen molar-refractivity contribution in [2.75, 3.05) is 21.3 Å². The number of amides is 1. The van der Waals surface area contributed by atoms with Crippen LogP contribution < -0.4 is 19.5 Å². The number of carbonyl (C=O) groups excluding carboxylic acids is 1. The molecule has 7 heteroatoms. The third-order valence-corrected chi connectivity index (χ3v) is 3.83. The number of thiocarbonyl (C=S) groups is 1. The predicted octanol–water partition coefficient (Wildman–Crippen LogP) is 2.20. The van der Waals surface area contributed by atoms with Crippen LogP contribution in [0.3, 0.4) is 0 Å². The molecule has 1 aromatic carbocycles. The van der Waals surface area contributed by atoms with E-state index in [2.05, 4.69) is 5.32 Å². The van der Waals surface area contributed by atoms with Crippen molar-refractivity contribution in [3.8, 4) is 17.2 Å². The first kappa shape index (κ1) is 14.7. The highest BCUT2D eigenvalue weighted by molar-refractivity contribution is 8.26. The van der Waals surface area contributed by atoms with Gasteiger partial charge in [-0.25, -0.2) is 0 Å². The molecule has 0 bridgehead atoms. The molecule has 2 rings (SSSR count). The Hall–Kier alpha value is -1.73. The zero-order valence-electron chi connectivity index (χ0n) is 11.2. The lowest BCUT2D eigenvalue weighted by Gasteiger charge is -2.14. The first-order valence-electron chi connectivity index (χ1n) is 5.64. The maximum Gasteiger partial charge on any atom is 0.263 e. The van der Waals surface area contributed by atoms with Gasteiger partial charge in [-0.1, -0.05) is 24.0 Å². The summed E-state index contributed by atoms with van der Waals surface area (Å²) in [6.07, 6.45) is 1.71. The molecule has 1 N–H and O–H groups in total. The Morgan fingerprint density at radius 2 is 1.85 bits per heavy atom. The van der Waals surface area contributed by atoms with Crippen LogP contribution in [-0.4, -0.2) is 31.6 Å². The minimum Gasteiger partial charge on any atom is -0.493 e. The van der Waals surface area contributed by atoms with Gasteiger partial charge in [-0.3, -0.25) is 4.79 Å². The third kappa shape index (κ3) is 2.73. The fourth-order valence-corrected chi connectivity index (χ4v) is 2.84. The highest BCUT2D eigenvalue weighted by Gasteiger charge is 2.23. The molecule has 1 fully saturated rings. The summed E-state index contributed by atoms with van der Waals surface area (Å²) in [7, 11) is 4.61. The molecular weight excluding hydrogens is 298 g/mol. The van der Waals surface area contributed by atoms with Gasteiger partial charge in [-0.15, -0.1) is 0 Å². The first-order chi connectivity index (χ1) is 9.60. The molecule has 20 heavy (non-hydrogen) atoms. The van der Waals surface area contributed by atoms with E-state index in [0.29, 0.717) is 32.0 Å². The normalized spacial score (nSPS) is 16.2. The fourth-order valence-electron chi connectivity index (χ4n) is 1.80. The van der Waals surface area contributed by atoms with E-state index in [0.717, 1.165) is 0 Å². The van der Waals surface area contributed by atoms with Crippen LogP contribution in [0.2, 0.25) is 0 Å². The molecule has 1 aromatic rings. The Bertz CT molecular complexity index is 598. The number of carbonyl (C=O) groups is 1. The smallest absolute Gasteiger partial charge is 0.263 e. The second kappa shape index (κ2) is 6.15. The number of hydrogen-bond donors (Lipinski definition) is 1. The molecule has 1 heterocycles.